The Kier molecular flexibility index (Phi) is 5.95. The summed E-state index contributed by atoms with van der Waals surface area (Å²) in [6.07, 6.45) is 2.48. The number of aryl methyl sites for hydroxylation is 1. The topological polar surface area (TPSA) is 84.2 Å². The van der Waals surface area contributed by atoms with Gasteiger partial charge in [0.05, 0.1) is 5.69 Å². The Morgan fingerprint density at radius 1 is 1.35 bits per heavy atom. The number of fused-ring (bicyclic) bond motifs is 1. The van der Waals surface area contributed by atoms with Crippen molar-refractivity contribution in [3.05, 3.63) is 47.2 Å². The first-order valence-corrected chi connectivity index (χ1v) is 10.4. The summed E-state index contributed by atoms with van der Waals surface area (Å²) in [5.74, 6) is 0.254. The molecule has 2 aromatic heterocycles. The highest BCUT2D eigenvalue weighted by Gasteiger charge is 2.23. The van der Waals surface area contributed by atoms with Crippen molar-refractivity contribution in [2.24, 2.45) is 0 Å². The number of carbonyl (C=O) groups is 2. The molecule has 136 valence electrons. The number of benzene rings is 1. The standard InChI is InChI=1S/C18H19N3O3S2/c1-11-10-26-18(19-11)21-16(22)13(7-8-25-2)20-17(23)15-9-12-5-3-4-6-14(12)24-15/h3-6,9-10,13H,7-8H2,1-2H3,(H,20,23)(H,19,21,22). The summed E-state index contributed by atoms with van der Waals surface area (Å²) in [5, 5.41) is 8.78. The Labute approximate surface area is 159 Å². The number of furan rings is 1. The molecule has 0 aliphatic rings. The van der Waals surface area contributed by atoms with E-state index in [4.69, 9.17) is 4.42 Å². The molecular weight excluding hydrogens is 370 g/mol. The first-order valence-electron chi connectivity index (χ1n) is 8.08. The van der Waals surface area contributed by atoms with Gasteiger partial charge >= 0.3 is 0 Å². The molecule has 8 heteroatoms. The zero-order chi connectivity index (χ0) is 18.5. The third-order valence-corrected chi connectivity index (χ3v) is 5.25. The van der Waals surface area contributed by atoms with Crippen LogP contribution in [0.4, 0.5) is 5.13 Å². The zero-order valence-electron chi connectivity index (χ0n) is 14.4. The lowest BCUT2D eigenvalue weighted by Gasteiger charge is -2.16. The highest BCUT2D eigenvalue weighted by atomic mass is 32.2. The van der Waals surface area contributed by atoms with Crippen molar-refractivity contribution in [3.63, 3.8) is 0 Å². The summed E-state index contributed by atoms with van der Waals surface area (Å²) in [6.45, 7) is 1.86. The van der Waals surface area contributed by atoms with E-state index in [0.717, 1.165) is 16.8 Å². The van der Waals surface area contributed by atoms with E-state index in [1.807, 2.05) is 36.8 Å². The third-order valence-electron chi connectivity index (χ3n) is 3.73. The number of hydrogen-bond donors (Lipinski definition) is 2. The van der Waals surface area contributed by atoms with Crippen molar-refractivity contribution < 1.29 is 14.0 Å². The lowest BCUT2D eigenvalue weighted by Crippen LogP contribution is -2.44. The van der Waals surface area contributed by atoms with Crippen LogP contribution in [0.1, 0.15) is 22.7 Å². The van der Waals surface area contributed by atoms with Gasteiger partial charge in [-0.05, 0) is 37.5 Å². The number of aromatic nitrogens is 1. The smallest absolute Gasteiger partial charge is 0.287 e. The number of thiazole rings is 1. The summed E-state index contributed by atoms with van der Waals surface area (Å²) in [5.41, 5.74) is 1.48. The molecule has 6 nitrogen and oxygen atoms in total. The highest BCUT2D eigenvalue weighted by molar-refractivity contribution is 7.98. The molecule has 1 aromatic carbocycles. The Morgan fingerprint density at radius 2 is 2.15 bits per heavy atom. The molecule has 3 aromatic rings. The number of hydrogen-bond acceptors (Lipinski definition) is 6. The van der Waals surface area contributed by atoms with Gasteiger partial charge in [-0.15, -0.1) is 11.3 Å². The SMILES string of the molecule is CSCCC(NC(=O)c1cc2ccccc2o1)C(=O)Nc1nc(C)cs1. The predicted octanol–water partition coefficient (Wildman–Crippen LogP) is 3.69. The summed E-state index contributed by atoms with van der Waals surface area (Å²) >= 11 is 2.97. The number of amides is 2. The summed E-state index contributed by atoms with van der Waals surface area (Å²) in [7, 11) is 0. The van der Waals surface area contributed by atoms with Gasteiger partial charge in [0.15, 0.2) is 10.9 Å². The molecule has 0 bridgehead atoms. The summed E-state index contributed by atoms with van der Waals surface area (Å²) < 4.78 is 5.58. The molecule has 0 spiro atoms. The lowest BCUT2D eigenvalue weighted by molar-refractivity contribution is -0.118. The number of anilines is 1. The Morgan fingerprint density at radius 3 is 2.85 bits per heavy atom. The molecule has 3 rings (SSSR count). The van der Waals surface area contributed by atoms with Gasteiger partial charge in [-0.1, -0.05) is 18.2 Å². The van der Waals surface area contributed by atoms with E-state index in [-0.39, 0.29) is 11.7 Å². The van der Waals surface area contributed by atoms with Gasteiger partial charge in [-0.25, -0.2) is 4.98 Å². The Bertz CT molecular complexity index is 886. The van der Waals surface area contributed by atoms with Gasteiger partial charge in [0, 0.05) is 10.8 Å². The fourth-order valence-corrected chi connectivity index (χ4v) is 3.59. The summed E-state index contributed by atoms with van der Waals surface area (Å²) in [6, 6.07) is 8.42. The van der Waals surface area contributed by atoms with Crippen LogP contribution in [0.3, 0.4) is 0 Å². The lowest BCUT2D eigenvalue weighted by atomic mass is 10.2. The fourth-order valence-electron chi connectivity index (χ4n) is 2.43. The van der Waals surface area contributed by atoms with Crippen molar-refractivity contribution in [1.82, 2.24) is 10.3 Å². The third kappa shape index (κ3) is 4.44. The number of thioether (sulfide) groups is 1. The molecule has 0 aliphatic carbocycles. The van der Waals surface area contributed by atoms with Crippen LogP contribution in [0.5, 0.6) is 0 Å². The number of para-hydroxylation sites is 1. The number of nitrogens with one attached hydrogen (secondary N) is 2. The maximum Gasteiger partial charge on any atom is 0.287 e. The van der Waals surface area contributed by atoms with Crippen LogP contribution in [-0.4, -0.2) is 34.8 Å². The van der Waals surface area contributed by atoms with Crippen molar-refractivity contribution in [1.29, 1.82) is 0 Å². The molecule has 0 saturated carbocycles. The van der Waals surface area contributed by atoms with Crippen LogP contribution in [0.2, 0.25) is 0 Å². The molecule has 2 N–H and O–H groups in total. The minimum atomic E-state index is -0.660. The predicted molar refractivity (Wildman–Crippen MR) is 106 cm³/mol. The van der Waals surface area contributed by atoms with Gasteiger partial charge in [-0.3, -0.25) is 9.59 Å². The zero-order valence-corrected chi connectivity index (χ0v) is 16.1. The molecule has 1 unspecified atom stereocenters. The van der Waals surface area contributed by atoms with Gasteiger partial charge in [0.25, 0.3) is 5.91 Å². The van der Waals surface area contributed by atoms with Crippen molar-refractivity contribution >= 4 is 51.0 Å². The maximum absolute atomic E-state index is 12.6. The largest absolute Gasteiger partial charge is 0.451 e. The van der Waals surface area contributed by atoms with Crippen LogP contribution in [0.15, 0.2) is 40.1 Å². The van der Waals surface area contributed by atoms with Crippen molar-refractivity contribution in [2.45, 2.75) is 19.4 Å². The van der Waals surface area contributed by atoms with E-state index in [9.17, 15) is 9.59 Å². The first kappa shape index (κ1) is 18.5. The van der Waals surface area contributed by atoms with E-state index in [2.05, 4.69) is 15.6 Å². The van der Waals surface area contributed by atoms with Crippen LogP contribution in [0, 0.1) is 6.92 Å². The molecule has 0 fully saturated rings. The second kappa shape index (κ2) is 8.37. The van der Waals surface area contributed by atoms with Gasteiger partial charge in [0.2, 0.25) is 5.91 Å². The molecule has 0 saturated heterocycles. The highest BCUT2D eigenvalue weighted by Crippen LogP contribution is 2.19. The summed E-state index contributed by atoms with van der Waals surface area (Å²) in [4.78, 5) is 29.3. The second-order valence-electron chi connectivity index (χ2n) is 5.74. The maximum atomic E-state index is 12.6. The van der Waals surface area contributed by atoms with E-state index >= 15 is 0 Å². The first-order chi connectivity index (χ1) is 12.6. The van der Waals surface area contributed by atoms with Gasteiger partial charge < -0.3 is 15.1 Å². The quantitative estimate of drug-likeness (QED) is 0.644. The van der Waals surface area contributed by atoms with Crippen LogP contribution in [-0.2, 0) is 4.79 Å². The molecular formula is C18H19N3O3S2. The van der Waals surface area contributed by atoms with Crippen LogP contribution >= 0.6 is 23.1 Å². The van der Waals surface area contributed by atoms with Gasteiger partial charge in [0.1, 0.15) is 11.6 Å². The Balaban J connectivity index is 1.72. The van der Waals surface area contributed by atoms with Crippen LogP contribution in [0.25, 0.3) is 11.0 Å². The average molecular weight is 390 g/mol. The normalized spacial score (nSPS) is 12.1. The molecule has 2 amide bonds. The minimum absolute atomic E-state index is 0.193. The van der Waals surface area contributed by atoms with E-state index in [0.29, 0.717) is 17.1 Å². The number of rotatable bonds is 7. The molecule has 2 heterocycles. The number of carbonyl (C=O) groups excluding carboxylic acids is 2. The average Bonchev–Trinajstić information content (AvgIpc) is 3.24. The molecule has 0 aliphatic heterocycles. The van der Waals surface area contributed by atoms with E-state index in [1.165, 1.54) is 11.3 Å². The second-order valence-corrected chi connectivity index (χ2v) is 7.58. The molecule has 1 atom stereocenters. The van der Waals surface area contributed by atoms with Crippen molar-refractivity contribution in [3.8, 4) is 0 Å². The minimum Gasteiger partial charge on any atom is -0.451 e. The molecule has 0 radical (unpaired) electrons. The van der Waals surface area contributed by atoms with Crippen LogP contribution < -0.4 is 10.6 Å². The Hall–Kier alpha value is -2.32. The van der Waals surface area contributed by atoms with E-state index < -0.39 is 11.9 Å². The van der Waals surface area contributed by atoms with E-state index in [1.54, 1.807) is 23.9 Å². The molecule has 26 heavy (non-hydrogen) atoms. The fraction of sp³-hybridized carbons (Fsp3) is 0.278. The van der Waals surface area contributed by atoms with Crippen molar-refractivity contribution in [2.75, 3.05) is 17.3 Å². The monoisotopic (exact) mass is 389 g/mol. The number of nitrogens with zero attached hydrogens (tertiary/aromatic N) is 1. The van der Waals surface area contributed by atoms with Gasteiger partial charge in [-0.2, -0.15) is 11.8 Å².